The summed E-state index contributed by atoms with van der Waals surface area (Å²) in [5.74, 6) is 0. The van der Waals surface area contributed by atoms with Crippen LogP contribution in [0.15, 0.2) is 37.0 Å². The lowest BCUT2D eigenvalue weighted by atomic mass is 10.1. The summed E-state index contributed by atoms with van der Waals surface area (Å²) < 4.78 is 3.21. The minimum absolute atomic E-state index is 0.128. The normalized spacial score (nSPS) is 12.8. The zero-order valence-electron chi connectivity index (χ0n) is 8.18. The summed E-state index contributed by atoms with van der Waals surface area (Å²) in [5.41, 5.74) is 1.12. The number of thiophene rings is 1. The molecule has 1 unspecified atom stereocenters. The molecule has 2 aromatic rings. The van der Waals surface area contributed by atoms with Gasteiger partial charge in [-0.15, -0.1) is 11.3 Å². The van der Waals surface area contributed by atoms with Crippen LogP contribution in [0.2, 0.25) is 5.02 Å². The zero-order valence-corrected chi connectivity index (χ0v) is 16.1. The highest BCUT2D eigenvalue weighted by Gasteiger charge is 2.17. The molecule has 0 aliphatic heterocycles. The van der Waals surface area contributed by atoms with E-state index in [1.54, 1.807) is 11.3 Å². The Kier molecular flexibility index (Phi) is 5.18. The second-order valence-corrected chi connectivity index (χ2v) is 8.76. The summed E-state index contributed by atoms with van der Waals surface area (Å²) >= 11 is 22.0. The molecule has 2 rings (SSSR count). The number of rotatable bonds is 2. The van der Waals surface area contributed by atoms with Crippen LogP contribution in [0.1, 0.15) is 15.3 Å². The summed E-state index contributed by atoms with van der Waals surface area (Å²) in [6.45, 7) is 0. The monoisotopic (exact) mass is 520 g/mol. The maximum atomic E-state index is 6.03. The van der Waals surface area contributed by atoms with Gasteiger partial charge in [0, 0.05) is 18.8 Å². The molecule has 0 fully saturated rings. The van der Waals surface area contributed by atoms with Crippen molar-refractivity contribution in [2.45, 2.75) is 4.83 Å². The standard InChI is InChI=1S/C11H5Br4ClS/c12-7-2-1-5(16)3-6(7)10(14)9-4-8(13)11(15)17-9/h1-4,10H. The minimum atomic E-state index is 0.128. The zero-order chi connectivity index (χ0) is 12.6. The van der Waals surface area contributed by atoms with E-state index >= 15 is 0 Å². The number of alkyl halides is 1. The molecule has 1 aromatic carbocycles. The Labute approximate surface area is 142 Å². The van der Waals surface area contributed by atoms with Gasteiger partial charge in [-0.25, -0.2) is 0 Å². The first kappa shape index (κ1) is 14.5. The van der Waals surface area contributed by atoms with Gasteiger partial charge in [-0.2, -0.15) is 0 Å². The maximum Gasteiger partial charge on any atom is 0.0843 e. The van der Waals surface area contributed by atoms with E-state index in [-0.39, 0.29) is 4.83 Å². The number of hydrogen-bond acceptors (Lipinski definition) is 1. The molecule has 17 heavy (non-hydrogen) atoms. The highest BCUT2D eigenvalue weighted by Crippen LogP contribution is 2.43. The molecule has 0 saturated heterocycles. The third-order valence-electron chi connectivity index (χ3n) is 2.15. The molecule has 1 heterocycles. The van der Waals surface area contributed by atoms with Crippen LogP contribution in [0.3, 0.4) is 0 Å². The summed E-state index contributed by atoms with van der Waals surface area (Å²) in [6.07, 6.45) is 0. The van der Waals surface area contributed by atoms with Crippen molar-refractivity contribution in [2.24, 2.45) is 0 Å². The van der Waals surface area contributed by atoms with Gasteiger partial charge in [0.05, 0.1) is 8.61 Å². The third-order valence-corrected chi connectivity index (χ3v) is 7.71. The molecule has 90 valence electrons. The predicted molar refractivity (Wildman–Crippen MR) is 89.6 cm³/mol. The van der Waals surface area contributed by atoms with Gasteiger partial charge in [-0.1, -0.05) is 43.5 Å². The summed E-state index contributed by atoms with van der Waals surface area (Å²) in [5, 5.41) is 0.738. The molecule has 0 N–H and O–H groups in total. The first-order chi connectivity index (χ1) is 7.99. The van der Waals surface area contributed by atoms with E-state index in [2.05, 4.69) is 69.8 Å². The average molecular weight is 524 g/mol. The van der Waals surface area contributed by atoms with E-state index in [1.807, 2.05) is 18.2 Å². The lowest BCUT2D eigenvalue weighted by molar-refractivity contribution is 1.21. The molecular weight excluding hydrogens is 519 g/mol. The fourth-order valence-corrected chi connectivity index (χ4v) is 5.19. The topological polar surface area (TPSA) is 0 Å². The fourth-order valence-electron chi connectivity index (χ4n) is 1.35. The molecule has 0 spiro atoms. The van der Waals surface area contributed by atoms with Gasteiger partial charge < -0.3 is 0 Å². The van der Waals surface area contributed by atoms with Gasteiger partial charge in [0.2, 0.25) is 0 Å². The Hall–Kier alpha value is 1.13. The molecule has 1 aromatic heterocycles. The molecule has 1 atom stereocenters. The van der Waals surface area contributed by atoms with E-state index in [0.29, 0.717) is 0 Å². The molecule has 0 aliphatic carbocycles. The number of benzene rings is 1. The van der Waals surface area contributed by atoms with E-state index < -0.39 is 0 Å². The van der Waals surface area contributed by atoms with Crippen LogP contribution >= 0.6 is 86.7 Å². The van der Waals surface area contributed by atoms with Crippen LogP contribution in [-0.4, -0.2) is 0 Å². The molecule has 0 radical (unpaired) electrons. The molecular formula is C11H5Br4ClS. The van der Waals surface area contributed by atoms with Crippen LogP contribution in [0, 0.1) is 0 Å². The first-order valence-electron chi connectivity index (χ1n) is 4.53. The Morgan fingerprint density at radius 3 is 2.35 bits per heavy atom. The Morgan fingerprint density at radius 2 is 1.76 bits per heavy atom. The van der Waals surface area contributed by atoms with Crippen molar-refractivity contribution < 1.29 is 0 Å². The lowest BCUT2D eigenvalue weighted by Gasteiger charge is -2.10. The van der Waals surface area contributed by atoms with Gasteiger partial charge >= 0.3 is 0 Å². The van der Waals surface area contributed by atoms with Gasteiger partial charge in [0.1, 0.15) is 0 Å². The van der Waals surface area contributed by atoms with E-state index in [9.17, 15) is 0 Å². The molecule has 6 heteroatoms. The largest absolute Gasteiger partial charge is 0.131 e. The molecule has 0 amide bonds. The Morgan fingerprint density at radius 1 is 1.06 bits per heavy atom. The second kappa shape index (κ2) is 6.06. The predicted octanol–water partition coefficient (Wildman–Crippen LogP) is 7.17. The van der Waals surface area contributed by atoms with E-state index in [1.165, 1.54) is 4.88 Å². The lowest BCUT2D eigenvalue weighted by Crippen LogP contribution is -1.91. The highest BCUT2D eigenvalue weighted by atomic mass is 79.9. The minimum Gasteiger partial charge on any atom is -0.131 e. The number of hydrogen-bond donors (Lipinski definition) is 0. The van der Waals surface area contributed by atoms with Crippen molar-refractivity contribution in [3.05, 3.63) is 52.5 Å². The quantitative estimate of drug-likeness (QED) is 0.366. The van der Waals surface area contributed by atoms with Crippen molar-refractivity contribution in [2.75, 3.05) is 0 Å². The van der Waals surface area contributed by atoms with Gasteiger partial charge in [0.25, 0.3) is 0 Å². The smallest absolute Gasteiger partial charge is 0.0843 e. The molecule has 0 bridgehead atoms. The van der Waals surface area contributed by atoms with E-state index in [0.717, 1.165) is 23.3 Å². The SMILES string of the molecule is Clc1ccc(Br)c(C(Br)c2cc(Br)c(Br)s2)c1. The molecule has 0 nitrogen and oxygen atoms in total. The van der Waals surface area contributed by atoms with Gasteiger partial charge in [-0.3, -0.25) is 0 Å². The first-order valence-corrected chi connectivity index (χ1v) is 9.01. The van der Waals surface area contributed by atoms with Crippen molar-refractivity contribution in [3.8, 4) is 0 Å². The van der Waals surface area contributed by atoms with Gasteiger partial charge in [-0.05, 0) is 61.7 Å². The van der Waals surface area contributed by atoms with Crippen LogP contribution in [0.5, 0.6) is 0 Å². The summed E-state index contributed by atoms with van der Waals surface area (Å²) in [4.78, 5) is 1.34. The Bertz CT molecular complexity index is 533. The highest BCUT2D eigenvalue weighted by molar-refractivity contribution is 9.13. The second-order valence-electron chi connectivity index (χ2n) is 3.30. The third kappa shape index (κ3) is 3.37. The summed E-state index contributed by atoms with van der Waals surface area (Å²) in [7, 11) is 0. The summed E-state index contributed by atoms with van der Waals surface area (Å²) in [6, 6.07) is 7.90. The molecule has 0 aliphatic rings. The van der Waals surface area contributed by atoms with Crippen molar-refractivity contribution in [1.29, 1.82) is 0 Å². The Balaban J connectivity index is 2.42. The molecule has 0 saturated carbocycles. The average Bonchev–Trinajstić information content (AvgIpc) is 2.62. The number of halogens is 5. The van der Waals surface area contributed by atoms with Crippen LogP contribution in [0.25, 0.3) is 0 Å². The van der Waals surface area contributed by atoms with E-state index in [4.69, 9.17) is 11.6 Å². The van der Waals surface area contributed by atoms with Gasteiger partial charge in [0.15, 0.2) is 0 Å². The van der Waals surface area contributed by atoms with Crippen LogP contribution in [0.4, 0.5) is 0 Å². The van der Waals surface area contributed by atoms with Crippen LogP contribution < -0.4 is 0 Å². The maximum absolute atomic E-state index is 6.03. The van der Waals surface area contributed by atoms with Crippen LogP contribution in [-0.2, 0) is 0 Å². The fraction of sp³-hybridized carbons (Fsp3) is 0.0909. The van der Waals surface area contributed by atoms with Crippen molar-refractivity contribution in [1.82, 2.24) is 0 Å². The van der Waals surface area contributed by atoms with Crippen molar-refractivity contribution in [3.63, 3.8) is 0 Å². The van der Waals surface area contributed by atoms with Crippen molar-refractivity contribution >= 4 is 86.7 Å².